The molecule has 0 atom stereocenters. The van der Waals surface area contributed by atoms with Crippen LogP contribution in [0.5, 0.6) is 5.75 Å². The molecule has 2 aromatic carbocycles. The van der Waals surface area contributed by atoms with Crippen LogP contribution in [-0.2, 0) is 16.6 Å². The minimum absolute atomic E-state index is 0.0451. The zero-order valence-corrected chi connectivity index (χ0v) is 14.1. The lowest BCUT2D eigenvalue weighted by molar-refractivity contribution is 0.194. The molecule has 0 aliphatic heterocycles. The summed E-state index contributed by atoms with van der Waals surface area (Å²) in [7, 11) is -0.850. The predicted molar refractivity (Wildman–Crippen MR) is 89.9 cm³/mol. The normalized spacial score (nSPS) is 10.9. The highest BCUT2D eigenvalue weighted by Crippen LogP contribution is 2.28. The van der Waals surface area contributed by atoms with Crippen molar-refractivity contribution >= 4 is 21.8 Å². The van der Waals surface area contributed by atoms with Crippen LogP contribution in [-0.4, -0.2) is 33.8 Å². The number of ether oxygens (including phenoxy) is 1. The van der Waals surface area contributed by atoms with Gasteiger partial charge in [-0.05, 0) is 35.9 Å². The third-order valence-corrected chi connectivity index (χ3v) is 5.24. The molecule has 8 heteroatoms. The van der Waals surface area contributed by atoms with E-state index in [1.165, 1.54) is 26.3 Å². The van der Waals surface area contributed by atoms with Crippen LogP contribution in [0.25, 0.3) is 0 Å². The average Bonchev–Trinajstić information content (AvgIpc) is 2.59. The molecule has 2 aromatic rings. The standard InChI is InChI=1S/C16H18N2O5S/c1-18(24(21,22)14-6-4-3-5-7-14)15-9-8-13(23-2)10-12(15)11-17-16(19)20/h3-10,17H,11H2,1-2H3,(H,19,20). The number of carbonyl (C=O) groups is 1. The third kappa shape index (κ3) is 3.77. The maximum absolute atomic E-state index is 12.7. The molecule has 2 rings (SSSR count). The molecule has 1 amide bonds. The molecule has 0 aliphatic carbocycles. The van der Waals surface area contributed by atoms with E-state index >= 15 is 0 Å². The number of rotatable bonds is 6. The van der Waals surface area contributed by atoms with Crippen molar-refractivity contribution in [3.63, 3.8) is 0 Å². The van der Waals surface area contributed by atoms with Gasteiger partial charge in [0.05, 0.1) is 17.7 Å². The van der Waals surface area contributed by atoms with E-state index in [1.807, 2.05) is 0 Å². The van der Waals surface area contributed by atoms with Crippen LogP contribution < -0.4 is 14.4 Å². The maximum Gasteiger partial charge on any atom is 0.404 e. The van der Waals surface area contributed by atoms with E-state index in [0.29, 0.717) is 17.0 Å². The van der Waals surface area contributed by atoms with Crippen LogP contribution >= 0.6 is 0 Å². The lowest BCUT2D eigenvalue weighted by Crippen LogP contribution is -2.29. The lowest BCUT2D eigenvalue weighted by atomic mass is 10.1. The van der Waals surface area contributed by atoms with Gasteiger partial charge in [-0.1, -0.05) is 18.2 Å². The molecule has 0 heterocycles. The molecule has 0 spiro atoms. The van der Waals surface area contributed by atoms with E-state index in [4.69, 9.17) is 9.84 Å². The van der Waals surface area contributed by atoms with Gasteiger partial charge in [-0.25, -0.2) is 13.2 Å². The number of hydrogen-bond acceptors (Lipinski definition) is 4. The van der Waals surface area contributed by atoms with Crippen LogP contribution in [0.1, 0.15) is 5.56 Å². The summed E-state index contributed by atoms with van der Waals surface area (Å²) in [4.78, 5) is 10.9. The third-order valence-electron chi connectivity index (χ3n) is 3.46. The molecule has 0 unspecified atom stereocenters. The van der Waals surface area contributed by atoms with Crippen LogP contribution in [0.2, 0.25) is 0 Å². The van der Waals surface area contributed by atoms with E-state index in [9.17, 15) is 13.2 Å². The summed E-state index contributed by atoms with van der Waals surface area (Å²) < 4.78 is 31.7. The van der Waals surface area contributed by atoms with Crippen molar-refractivity contribution in [2.75, 3.05) is 18.5 Å². The zero-order valence-electron chi connectivity index (χ0n) is 13.3. The summed E-state index contributed by atoms with van der Waals surface area (Å²) >= 11 is 0. The molecule has 24 heavy (non-hydrogen) atoms. The van der Waals surface area contributed by atoms with Crippen molar-refractivity contribution in [3.8, 4) is 5.75 Å². The fourth-order valence-corrected chi connectivity index (χ4v) is 3.44. The molecule has 7 nitrogen and oxygen atoms in total. The highest BCUT2D eigenvalue weighted by Gasteiger charge is 2.23. The van der Waals surface area contributed by atoms with E-state index in [1.54, 1.807) is 36.4 Å². The van der Waals surface area contributed by atoms with Crippen LogP contribution in [0.15, 0.2) is 53.4 Å². The van der Waals surface area contributed by atoms with Crippen LogP contribution in [0.3, 0.4) is 0 Å². The van der Waals surface area contributed by atoms with Crippen LogP contribution in [0.4, 0.5) is 10.5 Å². The van der Waals surface area contributed by atoms with Crippen molar-refractivity contribution in [1.82, 2.24) is 5.32 Å². The SMILES string of the molecule is COc1ccc(N(C)S(=O)(=O)c2ccccc2)c(CNC(=O)O)c1. The number of amides is 1. The first-order valence-electron chi connectivity index (χ1n) is 7.04. The Balaban J connectivity index is 2.44. The molecule has 0 aromatic heterocycles. The second kappa shape index (κ2) is 7.22. The van der Waals surface area contributed by atoms with Crippen molar-refractivity contribution < 1.29 is 23.1 Å². The molecule has 0 saturated carbocycles. The minimum atomic E-state index is -3.76. The second-order valence-electron chi connectivity index (χ2n) is 4.94. The molecule has 0 saturated heterocycles. The van der Waals surface area contributed by atoms with Gasteiger partial charge in [0.15, 0.2) is 0 Å². The first kappa shape index (κ1) is 17.6. The number of methoxy groups -OCH3 is 1. The topological polar surface area (TPSA) is 95.9 Å². The number of nitrogens with one attached hydrogen (secondary N) is 1. The smallest absolute Gasteiger partial charge is 0.404 e. The Morgan fingerprint density at radius 3 is 2.46 bits per heavy atom. The largest absolute Gasteiger partial charge is 0.497 e. The van der Waals surface area contributed by atoms with Gasteiger partial charge in [0.25, 0.3) is 10.0 Å². The summed E-state index contributed by atoms with van der Waals surface area (Å²) in [6, 6.07) is 12.8. The fraction of sp³-hybridized carbons (Fsp3) is 0.188. The highest BCUT2D eigenvalue weighted by atomic mass is 32.2. The highest BCUT2D eigenvalue weighted by molar-refractivity contribution is 7.92. The maximum atomic E-state index is 12.7. The van der Waals surface area contributed by atoms with Gasteiger partial charge in [-0.2, -0.15) is 0 Å². The number of anilines is 1. The van der Waals surface area contributed by atoms with E-state index in [-0.39, 0.29) is 11.4 Å². The summed E-state index contributed by atoms with van der Waals surface area (Å²) in [6.07, 6.45) is -1.20. The molecule has 0 bridgehead atoms. The van der Waals surface area contributed by atoms with Crippen molar-refractivity contribution in [2.45, 2.75) is 11.4 Å². The van der Waals surface area contributed by atoms with Gasteiger partial charge in [0.1, 0.15) is 5.75 Å². The van der Waals surface area contributed by atoms with Crippen LogP contribution in [0, 0.1) is 0 Å². The number of carboxylic acid groups (broad SMARTS) is 1. The van der Waals surface area contributed by atoms with Gasteiger partial charge in [0, 0.05) is 13.6 Å². The Morgan fingerprint density at radius 2 is 1.88 bits per heavy atom. The quantitative estimate of drug-likeness (QED) is 0.833. The van der Waals surface area contributed by atoms with Crippen molar-refractivity contribution in [2.24, 2.45) is 0 Å². The molecular weight excluding hydrogens is 332 g/mol. The fourth-order valence-electron chi connectivity index (χ4n) is 2.19. The molecule has 0 aliphatic rings. The number of sulfonamides is 1. The second-order valence-corrected chi connectivity index (χ2v) is 6.91. The monoisotopic (exact) mass is 350 g/mol. The Morgan fingerprint density at radius 1 is 1.21 bits per heavy atom. The number of hydrogen-bond donors (Lipinski definition) is 2. The Hall–Kier alpha value is -2.74. The summed E-state index contributed by atoms with van der Waals surface area (Å²) in [5.41, 5.74) is 0.854. The Kier molecular flexibility index (Phi) is 5.30. The van der Waals surface area contributed by atoms with E-state index in [2.05, 4.69) is 5.32 Å². The predicted octanol–water partition coefficient (Wildman–Crippen LogP) is 2.29. The van der Waals surface area contributed by atoms with Gasteiger partial charge in [0.2, 0.25) is 0 Å². The molecular formula is C16H18N2O5S. The first-order valence-corrected chi connectivity index (χ1v) is 8.48. The average molecular weight is 350 g/mol. The Bertz CT molecular complexity index is 822. The molecule has 0 fully saturated rings. The van der Waals surface area contributed by atoms with Gasteiger partial charge >= 0.3 is 6.09 Å². The van der Waals surface area contributed by atoms with Gasteiger partial charge < -0.3 is 15.2 Å². The molecule has 128 valence electrons. The number of benzene rings is 2. The van der Waals surface area contributed by atoms with Gasteiger partial charge in [-0.3, -0.25) is 4.31 Å². The van der Waals surface area contributed by atoms with E-state index < -0.39 is 16.1 Å². The van der Waals surface area contributed by atoms with Crippen molar-refractivity contribution in [3.05, 3.63) is 54.1 Å². The first-order chi connectivity index (χ1) is 11.4. The molecule has 2 N–H and O–H groups in total. The Labute approximate surface area is 140 Å². The minimum Gasteiger partial charge on any atom is -0.497 e. The summed E-state index contributed by atoms with van der Waals surface area (Å²) in [5, 5.41) is 11.0. The van der Waals surface area contributed by atoms with Crippen molar-refractivity contribution in [1.29, 1.82) is 0 Å². The summed E-state index contributed by atoms with van der Waals surface area (Å²) in [6.45, 7) is -0.0451. The summed E-state index contributed by atoms with van der Waals surface area (Å²) in [5.74, 6) is 0.506. The lowest BCUT2D eigenvalue weighted by Gasteiger charge is -2.23. The zero-order chi connectivity index (χ0) is 17.7. The number of nitrogens with zero attached hydrogens (tertiary/aromatic N) is 1. The van der Waals surface area contributed by atoms with E-state index in [0.717, 1.165) is 4.31 Å². The van der Waals surface area contributed by atoms with Gasteiger partial charge in [-0.15, -0.1) is 0 Å². The molecule has 0 radical (unpaired) electrons.